The van der Waals surface area contributed by atoms with Crippen LogP contribution in [0.4, 0.5) is 5.69 Å². The van der Waals surface area contributed by atoms with Gasteiger partial charge in [-0.2, -0.15) is 0 Å². The van der Waals surface area contributed by atoms with Crippen molar-refractivity contribution in [2.75, 3.05) is 5.32 Å². The molecule has 1 atom stereocenters. The Morgan fingerprint density at radius 1 is 1.04 bits per heavy atom. The lowest BCUT2D eigenvalue weighted by Gasteiger charge is -2.16. The van der Waals surface area contributed by atoms with Gasteiger partial charge in [0.2, 0.25) is 5.91 Å². The second kappa shape index (κ2) is 7.28. The van der Waals surface area contributed by atoms with Gasteiger partial charge in [0.25, 0.3) is 0 Å². The predicted octanol–water partition coefficient (Wildman–Crippen LogP) is 5.28. The summed E-state index contributed by atoms with van der Waals surface area (Å²) in [6.07, 6.45) is 0. The fraction of sp³-hybridized carbons (Fsp3) is 0.238. The molecule has 1 N–H and O–H groups in total. The van der Waals surface area contributed by atoms with Crippen LogP contribution >= 0.6 is 11.8 Å². The smallest absolute Gasteiger partial charge is 0.237 e. The van der Waals surface area contributed by atoms with Crippen LogP contribution < -0.4 is 5.32 Å². The van der Waals surface area contributed by atoms with Gasteiger partial charge in [0, 0.05) is 11.1 Å². The van der Waals surface area contributed by atoms with E-state index < -0.39 is 0 Å². The SMILES string of the molecule is Cc1cc(C)c(NC(=O)C(C)Sc2ccc3ccccc3n2)c(C)c1. The molecule has 3 rings (SSSR count). The van der Waals surface area contributed by atoms with Crippen LogP contribution in [0.15, 0.2) is 53.6 Å². The van der Waals surface area contributed by atoms with E-state index in [4.69, 9.17) is 0 Å². The Labute approximate surface area is 152 Å². The van der Waals surface area contributed by atoms with Crippen LogP contribution in [0, 0.1) is 20.8 Å². The molecule has 3 nitrogen and oxygen atoms in total. The number of benzene rings is 2. The maximum absolute atomic E-state index is 12.6. The predicted molar refractivity (Wildman–Crippen MR) is 106 cm³/mol. The molecular formula is C21H22N2OS. The highest BCUT2D eigenvalue weighted by Crippen LogP contribution is 2.27. The molecule has 1 unspecified atom stereocenters. The van der Waals surface area contributed by atoms with Gasteiger partial charge in [-0.3, -0.25) is 4.79 Å². The number of carbonyl (C=O) groups is 1. The minimum atomic E-state index is -0.228. The van der Waals surface area contributed by atoms with Gasteiger partial charge < -0.3 is 5.32 Å². The van der Waals surface area contributed by atoms with Crippen LogP contribution in [0.3, 0.4) is 0 Å². The summed E-state index contributed by atoms with van der Waals surface area (Å²) in [6, 6.07) is 16.2. The Bertz CT molecular complexity index is 913. The summed E-state index contributed by atoms with van der Waals surface area (Å²) >= 11 is 1.48. The van der Waals surface area contributed by atoms with Gasteiger partial charge in [-0.25, -0.2) is 4.98 Å². The first-order valence-corrected chi connectivity index (χ1v) is 9.23. The van der Waals surface area contributed by atoms with Crippen LogP contribution in [-0.4, -0.2) is 16.1 Å². The molecule has 1 aromatic heterocycles. The molecule has 0 saturated carbocycles. The minimum absolute atomic E-state index is 0.00462. The second-order valence-electron chi connectivity index (χ2n) is 6.37. The number of pyridine rings is 1. The molecule has 0 fully saturated rings. The zero-order valence-electron chi connectivity index (χ0n) is 15.0. The van der Waals surface area contributed by atoms with Crippen molar-refractivity contribution in [2.24, 2.45) is 0 Å². The second-order valence-corrected chi connectivity index (χ2v) is 7.73. The molecule has 3 aromatic rings. The van der Waals surface area contributed by atoms with Crippen molar-refractivity contribution in [3.63, 3.8) is 0 Å². The van der Waals surface area contributed by atoms with Crippen molar-refractivity contribution in [1.82, 2.24) is 4.98 Å². The van der Waals surface area contributed by atoms with E-state index in [0.29, 0.717) is 0 Å². The first-order valence-electron chi connectivity index (χ1n) is 8.35. The molecule has 0 radical (unpaired) electrons. The van der Waals surface area contributed by atoms with Gasteiger partial charge in [0.05, 0.1) is 15.8 Å². The summed E-state index contributed by atoms with van der Waals surface area (Å²) < 4.78 is 0. The van der Waals surface area contributed by atoms with Gasteiger partial charge in [-0.05, 0) is 51.0 Å². The van der Waals surface area contributed by atoms with Gasteiger partial charge in [0.1, 0.15) is 0 Å². The molecule has 0 bridgehead atoms. The molecule has 0 aliphatic carbocycles. The molecule has 0 spiro atoms. The molecular weight excluding hydrogens is 328 g/mol. The van der Waals surface area contributed by atoms with Crippen molar-refractivity contribution < 1.29 is 4.79 Å². The average molecular weight is 350 g/mol. The lowest BCUT2D eigenvalue weighted by atomic mass is 10.1. The molecule has 0 aliphatic heterocycles. The monoisotopic (exact) mass is 350 g/mol. The maximum atomic E-state index is 12.6. The van der Waals surface area contributed by atoms with Gasteiger partial charge in [-0.1, -0.05) is 53.7 Å². The fourth-order valence-electron chi connectivity index (χ4n) is 2.95. The van der Waals surface area contributed by atoms with E-state index in [1.807, 2.05) is 57.2 Å². The topological polar surface area (TPSA) is 42.0 Å². The number of amides is 1. The molecule has 1 amide bonds. The number of nitrogens with zero attached hydrogens (tertiary/aromatic N) is 1. The zero-order chi connectivity index (χ0) is 18.0. The number of aryl methyl sites for hydroxylation is 3. The van der Waals surface area contributed by atoms with E-state index in [-0.39, 0.29) is 11.2 Å². The molecule has 0 aliphatic rings. The highest BCUT2D eigenvalue weighted by atomic mass is 32.2. The maximum Gasteiger partial charge on any atom is 0.237 e. The van der Waals surface area contributed by atoms with Crippen LogP contribution in [-0.2, 0) is 4.79 Å². The normalized spacial score (nSPS) is 12.2. The largest absolute Gasteiger partial charge is 0.325 e. The van der Waals surface area contributed by atoms with E-state index >= 15 is 0 Å². The number of aromatic nitrogens is 1. The minimum Gasteiger partial charge on any atom is -0.325 e. The number of thioether (sulfide) groups is 1. The Kier molecular flexibility index (Phi) is 5.09. The molecule has 4 heteroatoms. The first kappa shape index (κ1) is 17.5. The van der Waals surface area contributed by atoms with E-state index in [0.717, 1.165) is 32.7 Å². The summed E-state index contributed by atoms with van der Waals surface area (Å²) in [6.45, 7) is 8.03. The Balaban J connectivity index is 1.74. The van der Waals surface area contributed by atoms with Crippen molar-refractivity contribution in [2.45, 2.75) is 38.0 Å². The molecule has 25 heavy (non-hydrogen) atoms. The summed E-state index contributed by atoms with van der Waals surface area (Å²) in [5, 5.41) is 4.81. The van der Waals surface area contributed by atoms with Gasteiger partial charge >= 0.3 is 0 Å². The number of hydrogen-bond donors (Lipinski definition) is 1. The summed E-state index contributed by atoms with van der Waals surface area (Å²) in [5.74, 6) is -0.00462. The number of carbonyl (C=O) groups excluding carboxylic acids is 1. The highest BCUT2D eigenvalue weighted by Gasteiger charge is 2.17. The van der Waals surface area contributed by atoms with Gasteiger partial charge in [0.15, 0.2) is 0 Å². The number of hydrogen-bond acceptors (Lipinski definition) is 3. The van der Waals surface area contributed by atoms with E-state index in [1.165, 1.54) is 17.3 Å². The van der Waals surface area contributed by atoms with Gasteiger partial charge in [-0.15, -0.1) is 0 Å². The Morgan fingerprint density at radius 2 is 1.72 bits per heavy atom. The van der Waals surface area contributed by atoms with Crippen molar-refractivity contribution >= 4 is 34.3 Å². The van der Waals surface area contributed by atoms with Crippen LogP contribution in [0.5, 0.6) is 0 Å². The molecule has 128 valence electrons. The van der Waals surface area contributed by atoms with Crippen molar-refractivity contribution in [3.8, 4) is 0 Å². The highest BCUT2D eigenvalue weighted by molar-refractivity contribution is 8.00. The van der Waals surface area contributed by atoms with Crippen LogP contribution in [0.1, 0.15) is 23.6 Å². The average Bonchev–Trinajstić information content (AvgIpc) is 2.57. The number of rotatable bonds is 4. The fourth-order valence-corrected chi connectivity index (χ4v) is 3.78. The lowest BCUT2D eigenvalue weighted by molar-refractivity contribution is -0.115. The summed E-state index contributed by atoms with van der Waals surface area (Å²) in [4.78, 5) is 17.2. The summed E-state index contributed by atoms with van der Waals surface area (Å²) in [7, 11) is 0. The first-order chi connectivity index (χ1) is 11.9. The zero-order valence-corrected chi connectivity index (χ0v) is 15.8. The van der Waals surface area contributed by atoms with Crippen LogP contribution in [0.2, 0.25) is 0 Å². The standard InChI is InChI=1S/C21H22N2OS/c1-13-11-14(2)20(15(3)12-13)23-21(24)16(4)25-19-10-9-17-7-5-6-8-18(17)22-19/h5-12,16H,1-4H3,(H,23,24). The van der Waals surface area contributed by atoms with Crippen molar-refractivity contribution in [1.29, 1.82) is 0 Å². The third-order valence-electron chi connectivity index (χ3n) is 4.16. The quantitative estimate of drug-likeness (QED) is 0.651. The number of fused-ring (bicyclic) bond motifs is 1. The Hall–Kier alpha value is -2.33. The summed E-state index contributed by atoms with van der Waals surface area (Å²) in [5.41, 5.74) is 5.24. The van der Waals surface area contributed by atoms with Crippen LogP contribution in [0.25, 0.3) is 10.9 Å². The third-order valence-corrected chi connectivity index (χ3v) is 5.20. The number of nitrogens with one attached hydrogen (secondary N) is 1. The number of para-hydroxylation sites is 1. The third kappa shape index (κ3) is 4.02. The van der Waals surface area contributed by atoms with Crippen molar-refractivity contribution in [3.05, 3.63) is 65.2 Å². The lowest BCUT2D eigenvalue weighted by Crippen LogP contribution is -2.23. The Morgan fingerprint density at radius 3 is 2.44 bits per heavy atom. The van der Waals surface area contributed by atoms with E-state index in [2.05, 4.69) is 29.4 Å². The molecule has 0 saturated heterocycles. The molecule has 2 aromatic carbocycles. The molecule has 1 heterocycles. The van der Waals surface area contributed by atoms with E-state index in [1.54, 1.807) is 0 Å². The van der Waals surface area contributed by atoms with E-state index in [9.17, 15) is 4.79 Å². The number of anilines is 1.